The molecule has 0 aromatic carbocycles. The van der Waals surface area contributed by atoms with Crippen molar-refractivity contribution in [3.05, 3.63) is 36.5 Å². The van der Waals surface area contributed by atoms with Gasteiger partial charge in [-0.25, -0.2) is 0 Å². The Morgan fingerprint density at radius 3 is 1.39 bits per heavy atom. The number of unbranched alkanes of at least 4 members (excludes halogenated alkanes) is 25. The van der Waals surface area contributed by atoms with Gasteiger partial charge in [0.15, 0.2) is 0 Å². The van der Waals surface area contributed by atoms with Gasteiger partial charge in [0.1, 0.15) is 6.10 Å². The monoisotopic (exact) mass is 788 g/mol. The SMILES string of the molecule is CCCCCC/C=C\CCCCCCCC(CC(=O)NC(CO)C(O)CCCCCCCCCCCCC)OC(=O)CC/C=C/C/C=C\CCCCCCCC. The van der Waals surface area contributed by atoms with Crippen LogP contribution in [0.2, 0.25) is 0 Å². The zero-order valence-electron chi connectivity index (χ0n) is 37.3. The summed E-state index contributed by atoms with van der Waals surface area (Å²) in [7, 11) is 0. The molecule has 0 aromatic rings. The van der Waals surface area contributed by atoms with E-state index >= 15 is 0 Å². The van der Waals surface area contributed by atoms with E-state index in [4.69, 9.17) is 4.74 Å². The van der Waals surface area contributed by atoms with Crippen LogP contribution in [0.4, 0.5) is 0 Å². The number of aliphatic hydroxyl groups excluding tert-OH is 2. The van der Waals surface area contributed by atoms with Crippen LogP contribution >= 0.6 is 0 Å². The van der Waals surface area contributed by atoms with E-state index in [0.29, 0.717) is 25.7 Å². The van der Waals surface area contributed by atoms with Gasteiger partial charge in [-0.05, 0) is 70.6 Å². The number of rotatable bonds is 43. The van der Waals surface area contributed by atoms with Gasteiger partial charge in [0.2, 0.25) is 5.91 Å². The number of amides is 1. The van der Waals surface area contributed by atoms with Crippen molar-refractivity contribution in [2.45, 2.75) is 264 Å². The first-order chi connectivity index (χ1) is 27.5. The fourth-order valence-corrected chi connectivity index (χ4v) is 7.24. The molecule has 0 bridgehead atoms. The van der Waals surface area contributed by atoms with Crippen molar-refractivity contribution in [2.24, 2.45) is 0 Å². The molecule has 56 heavy (non-hydrogen) atoms. The fraction of sp³-hybridized carbons (Fsp3) is 0.840. The lowest BCUT2D eigenvalue weighted by Gasteiger charge is -2.24. The fourth-order valence-electron chi connectivity index (χ4n) is 7.24. The van der Waals surface area contributed by atoms with Gasteiger partial charge >= 0.3 is 5.97 Å². The first-order valence-corrected chi connectivity index (χ1v) is 24.2. The zero-order valence-corrected chi connectivity index (χ0v) is 37.3. The molecule has 0 aliphatic heterocycles. The molecule has 0 saturated carbocycles. The highest BCUT2D eigenvalue weighted by Crippen LogP contribution is 2.17. The number of hydrogen-bond acceptors (Lipinski definition) is 5. The highest BCUT2D eigenvalue weighted by atomic mass is 16.5. The summed E-state index contributed by atoms with van der Waals surface area (Å²) in [6, 6.07) is -0.711. The molecule has 0 spiro atoms. The minimum Gasteiger partial charge on any atom is -0.462 e. The molecule has 0 aromatic heterocycles. The Bertz CT molecular complexity index is 930. The Labute approximate surface area is 347 Å². The highest BCUT2D eigenvalue weighted by Gasteiger charge is 2.24. The summed E-state index contributed by atoms with van der Waals surface area (Å²) in [4.78, 5) is 26.0. The third-order valence-electron chi connectivity index (χ3n) is 11.0. The summed E-state index contributed by atoms with van der Waals surface area (Å²) in [6.07, 6.45) is 50.7. The summed E-state index contributed by atoms with van der Waals surface area (Å²) in [5, 5.41) is 23.7. The van der Waals surface area contributed by atoms with Crippen LogP contribution in [0.15, 0.2) is 36.5 Å². The quantitative estimate of drug-likeness (QED) is 0.0325. The molecule has 0 aliphatic rings. The third-order valence-corrected chi connectivity index (χ3v) is 11.0. The number of carbonyl (C=O) groups is 2. The number of esters is 1. The van der Waals surface area contributed by atoms with Crippen molar-refractivity contribution < 1.29 is 24.5 Å². The van der Waals surface area contributed by atoms with E-state index in [1.54, 1.807) is 0 Å². The number of nitrogens with one attached hydrogen (secondary N) is 1. The average molecular weight is 788 g/mol. The second kappa shape index (κ2) is 44.2. The van der Waals surface area contributed by atoms with Crippen molar-refractivity contribution in [1.29, 1.82) is 0 Å². The third kappa shape index (κ3) is 38.9. The average Bonchev–Trinajstić information content (AvgIpc) is 3.19. The summed E-state index contributed by atoms with van der Waals surface area (Å²) in [5.41, 5.74) is 0. The van der Waals surface area contributed by atoms with Gasteiger partial charge in [0, 0.05) is 6.42 Å². The van der Waals surface area contributed by atoms with Crippen LogP contribution in [-0.4, -0.2) is 46.9 Å². The van der Waals surface area contributed by atoms with E-state index in [9.17, 15) is 19.8 Å². The van der Waals surface area contributed by atoms with Crippen LogP contribution in [0.3, 0.4) is 0 Å². The standard InChI is InChI=1S/C50H93NO5/c1-4-7-10-13-16-19-22-24-27-29-32-35-38-41-46(56-50(55)43-40-37-34-31-28-25-23-20-17-14-11-8-5-2)44-49(54)51-47(45-52)48(53)42-39-36-33-30-26-21-18-15-12-9-6-3/h19,22,25,28,34,37,46-48,52-53H,4-18,20-21,23-24,26-27,29-33,35-36,38-45H2,1-3H3,(H,51,54)/b22-19-,28-25-,37-34+. The number of allylic oxidation sites excluding steroid dienone is 6. The summed E-state index contributed by atoms with van der Waals surface area (Å²) >= 11 is 0. The van der Waals surface area contributed by atoms with E-state index in [0.717, 1.165) is 57.8 Å². The zero-order chi connectivity index (χ0) is 41.0. The largest absolute Gasteiger partial charge is 0.462 e. The van der Waals surface area contributed by atoms with Gasteiger partial charge < -0.3 is 20.3 Å². The first-order valence-electron chi connectivity index (χ1n) is 24.2. The lowest BCUT2D eigenvalue weighted by molar-refractivity contribution is -0.150. The summed E-state index contributed by atoms with van der Waals surface area (Å²) in [6.45, 7) is 6.43. The molecule has 3 unspecified atom stereocenters. The van der Waals surface area contributed by atoms with Crippen LogP contribution in [0, 0.1) is 0 Å². The summed E-state index contributed by atoms with van der Waals surface area (Å²) in [5.74, 6) is -0.559. The Kier molecular flexibility index (Phi) is 42.7. The molecule has 0 rings (SSSR count). The van der Waals surface area contributed by atoms with Gasteiger partial charge in [0.25, 0.3) is 0 Å². The molecular weight excluding hydrogens is 695 g/mol. The summed E-state index contributed by atoms with van der Waals surface area (Å²) < 4.78 is 5.87. The first kappa shape index (κ1) is 54.1. The van der Waals surface area contributed by atoms with Crippen LogP contribution in [0.5, 0.6) is 0 Å². The molecule has 328 valence electrons. The molecule has 0 saturated heterocycles. The molecule has 0 heterocycles. The van der Waals surface area contributed by atoms with Gasteiger partial charge in [-0.1, -0.05) is 198 Å². The lowest BCUT2D eigenvalue weighted by atomic mass is 10.0. The molecule has 6 heteroatoms. The van der Waals surface area contributed by atoms with Gasteiger partial charge in [-0.2, -0.15) is 0 Å². The van der Waals surface area contributed by atoms with E-state index in [1.807, 2.05) is 6.08 Å². The predicted molar refractivity (Wildman–Crippen MR) is 241 cm³/mol. The van der Waals surface area contributed by atoms with Crippen molar-refractivity contribution in [3.63, 3.8) is 0 Å². The molecule has 1 amide bonds. The second-order valence-electron chi connectivity index (χ2n) is 16.5. The molecule has 0 radical (unpaired) electrons. The van der Waals surface area contributed by atoms with Crippen LogP contribution in [0.25, 0.3) is 0 Å². The van der Waals surface area contributed by atoms with Crippen molar-refractivity contribution in [3.8, 4) is 0 Å². The minimum atomic E-state index is -0.795. The van der Waals surface area contributed by atoms with Crippen molar-refractivity contribution >= 4 is 11.9 Å². The predicted octanol–water partition coefficient (Wildman–Crippen LogP) is 14.1. The topological polar surface area (TPSA) is 95.9 Å². The molecule has 6 nitrogen and oxygen atoms in total. The number of ether oxygens (including phenoxy) is 1. The van der Waals surface area contributed by atoms with Gasteiger partial charge in [0.05, 0.1) is 25.2 Å². The van der Waals surface area contributed by atoms with E-state index in [2.05, 4.69) is 56.5 Å². The molecule has 3 N–H and O–H groups in total. The normalized spacial score (nSPS) is 13.6. The van der Waals surface area contributed by atoms with Crippen LogP contribution < -0.4 is 5.32 Å². The number of carbonyl (C=O) groups excluding carboxylic acids is 2. The second-order valence-corrected chi connectivity index (χ2v) is 16.5. The number of hydrogen-bond donors (Lipinski definition) is 3. The maximum absolute atomic E-state index is 13.1. The van der Waals surface area contributed by atoms with Crippen LogP contribution in [-0.2, 0) is 14.3 Å². The minimum absolute atomic E-state index is 0.0513. The maximum atomic E-state index is 13.1. The Balaban J connectivity index is 4.67. The van der Waals surface area contributed by atoms with Gasteiger partial charge in [-0.3, -0.25) is 9.59 Å². The molecule has 0 aliphatic carbocycles. The number of aliphatic hydroxyl groups is 2. The van der Waals surface area contributed by atoms with Crippen LogP contribution in [0.1, 0.15) is 245 Å². The molecular formula is C50H93NO5. The Hall–Kier alpha value is -1.92. The van der Waals surface area contributed by atoms with E-state index < -0.39 is 18.2 Å². The van der Waals surface area contributed by atoms with Crippen molar-refractivity contribution in [1.82, 2.24) is 5.32 Å². The lowest BCUT2D eigenvalue weighted by Crippen LogP contribution is -2.46. The van der Waals surface area contributed by atoms with E-state index in [-0.39, 0.29) is 24.9 Å². The van der Waals surface area contributed by atoms with Gasteiger partial charge in [-0.15, -0.1) is 0 Å². The maximum Gasteiger partial charge on any atom is 0.306 e. The van der Waals surface area contributed by atoms with E-state index in [1.165, 1.54) is 135 Å². The molecule has 0 fully saturated rings. The highest BCUT2D eigenvalue weighted by molar-refractivity contribution is 5.77. The Morgan fingerprint density at radius 2 is 0.911 bits per heavy atom. The smallest absolute Gasteiger partial charge is 0.306 e. The van der Waals surface area contributed by atoms with Crippen molar-refractivity contribution in [2.75, 3.05) is 6.61 Å². The molecule has 3 atom stereocenters. The Morgan fingerprint density at radius 1 is 0.518 bits per heavy atom.